The third-order valence-corrected chi connectivity index (χ3v) is 3.74. The molecule has 9 nitrogen and oxygen atoms in total. The predicted molar refractivity (Wildman–Crippen MR) is 77.7 cm³/mol. The maximum absolute atomic E-state index is 12.5. The normalized spacial score (nSPS) is 19.0. The van der Waals surface area contributed by atoms with Gasteiger partial charge < -0.3 is 5.32 Å². The van der Waals surface area contributed by atoms with Gasteiger partial charge in [0.05, 0.1) is 11.1 Å². The van der Waals surface area contributed by atoms with E-state index in [4.69, 9.17) is 9.59 Å². The molecule has 24 heavy (non-hydrogen) atoms. The van der Waals surface area contributed by atoms with E-state index in [1.54, 1.807) is 25.2 Å². The zero-order valence-electron chi connectivity index (χ0n) is 12.6. The molecule has 0 spiro atoms. The molecule has 9 heteroatoms. The van der Waals surface area contributed by atoms with Crippen LogP contribution in [0.4, 0.5) is 5.69 Å². The number of carbonyl (C=O) groups is 4. The minimum atomic E-state index is -0.931. The van der Waals surface area contributed by atoms with Gasteiger partial charge in [0.25, 0.3) is 11.8 Å². The Balaban J connectivity index is 0.000000647. The summed E-state index contributed by atoms with van der Waals surface area (Å²) in [5.41, 5.74) is 1.09. The lowest BCUT2D eigenvalue weighted by Gasteiger charge is -2.27. The van der Waals surface area contributed by atoms with Crippen molar-refractivity contribution >= 4 is 35.5 Å². The fraction of sp³-hybridized carbons (Fsp3) is 0.267. The summed E-state index contributed by atoms with van der Waals surface area (Å²) in [5.74, 6) is -1.99. The van der Waals surface area contributed by atoms with Crippen molar-refractivity contribution in [3.63, 3.8) is 0 Å². The van der Waals surface area contributed by atoms with Crippen molar-refractivity contribution in [1.82, 2.24) is 10.2 Å². The van der Waals surface area contributed by atoms with Gasteiger partial charge in [-0.15, -0.1) is 0 Å². The van der Waals surface area contributed by atoms with E-state index in [1.807, 2.05) is 0 Å². The molecular formula is C15H13N3O6. The molecule has 0 aromatic heterocycles. The molecule has 4 amide bonds. The van der Waals surface area contributed by atoms with Crippen LogP contribution in [0.5, 0.6) is 0 Å². The van der Waals surface area contributed by atoms with Gasteiger partial charge in [-0.05, 0) is 18.6 Å². The number of carbonyl (C=O) groups excluding carboxylic acids is 6. The quantitative estimate of drug-likeness (QED) is 0.702. The summed E-state index contributed by atoms with van der Waals surface area (Å²) in [6.07, 6.45) is 0.522. The van der Waals surface area contributed by atoms with Gasteiger partial charge in [0.1, 0.15) is 6.04 Å². The number of hydrogen-bond donors (Lipinski definition) is 2. The molecule has 1 unspecified atom stereocenters. The van der Waals surface area contributed by atoms with Crippen molar-refractivity contribution in [3.8, 4) is 0 Å². The van der Waals surface area contributed by atoms with Crippen LogP contribution in [0.15, 0.2) is 18.2 Å². The first-order valence-electron chi connectivity index (χ1n) is 6.97. The molecule has 1 atom stereocenters. The van der Waals surface area contributed by atoms with Gasteiger partial charge in [-0.25, -0.2) is 0 Å². The molecule has 2 heterocycles. The van der Waals surface area contributed by atoms with Gasteiger partial charge in [0, 0.05) is 19.2 Å². The first kappa shape index (κ1) is 17.0. The monoisotopic (exact) mass is 331 g/mol. The number of amides is 4. The van der Waals surface area contributed by atoms with Crippen LogP contribution in [0, 0.1) is 0 Å². The first-order chi connectivity index (χ1) is 11.5. The Morgan fingerprint density at radius 2 is 1.83 bits per heavy atom. The van der Waals surface area contributed by atoms with Crippen molar-refractivity contribution in [2.24, 2.45) is 0 Å². The Kier molecular flexibility index (Phi) is 4.86. The van der Waals surface area contributed by atoms with E-state index < -0.39 is 23.8 Å². The van der Waals surface area contributed by atoms with Gasteiger partial charge in [0.2, 0.25) is 11.8 Å². The summed E-state index contributed by atoms with van der Waals surface area (Å²) in [5, 5.41) is 5.03. The smallest absolute Gasteiger partial charge is 0.373 e. The number of benzene rings is 1. The molecule has 2 aliphatic rings. The highest BCUT2D eigenvalue weighted by Crippen LogP contribution is 2.31. The second kappa shape index (κ2) is 6.84. The number of fused-ring (bicyclic) bond motifs is 1. The van der Waals surface area contributed by atoms with Crippen molar-refractivity contribution in [2.75, 3.05) is 12.4 Å². The number of imide groups is 2. The molecule has 1 fully saturated rings. The number of hydrogen-bond acceptors (Lipinski definition) is 7. The highest BCUT2D eigenvalue weighted by Gasteiger charge is 2.45. The molecule has 2 aliphatic heterocycles. The Morgan fingerprint density at radius 3 is 2.42 bits per heavy atom. The van der Waals surface area contributed by atoms with Crippen molar-refractivity contribution < 1.29 is 28.8 Å². The van der Waals surface area contributed by atoms with E-state index in [9.17, 15) is 19.2 Å². The van der Waals surface area contributed by atoms with Crippen LogP contribution in [0.3, 0.4) is 0 Å². The summed E-state index contributed by atoms with van der Waals surface area (Å²) < 4.78 is 0. The number of nitrogens with one attached hydrogen (secondary N) is 2. The van der Waals surface area contributed by atoms with E-state index >= 15 is 0 Å². The topological polar surface area (TPSA) is 130 Å². The molecule has 2 N–H and O–H groups in total. The maximum Gasteiger partial charge on any atom is 0.373 e. The van der Waals surface area contributed by atoms with Gasteiger partial charge in [0.15, 0.2) is 0 Å². The zero-order valence-corrected chi connectivity index (χ0v) is 12.6. The van der Waals surface area contributed by atoms with Crippen LogP contribution < -0.4 is 10.6 Å². The first-order valence-corrected chi connectivity index (χ1v) is 6.97. The number of anilines is 1. The average molecular weight is 331 g/mol. The molecule has 1 aromatic rings. The summed E-state index contributed by atoms with van der Waals surface area (Å²) in [6, 6.07) is 3.99. The van der Waals surface area contributed by atoms with Gasteiger partial charge in [-0.3, -0.25) is 29.4 Å². The fourth-order valence-corrected chi connectivity index (χ4v) is 2.72. The average Bonchev–Trinajstić information content (AvgIpc) is 2.80. The predicted octanol–water partition coefficient (Wildman–Crippen LogP) is -0.454. The van der Waals surface area contributed by atoms with Gasteiger partial charge >= 0.3 is 6.15 Å². The molecular weight excluding hydrogens is 318 g/mol. The molecule has 0 radical (unpaired) electrons. The molecule has 3 rings (SSSR count). The summed E-state index contributed by atoms with van der Waals surface area (Å²) in [6.45, 7) is 0. The van der Waals surface area contributed by atoms with E-state index in [0.29, 0.717) is 5.69 Å². The Bertz CT molecular complexity index is 766. The van der Waals surface area contributed by atoms with Crippen LogP contribution in [-0.2, 0) is 19.2 Å². The largest absolute Gasteiger partial charge is 0.387 e. The van der Waals surface area contributed by atoms with E-state index in [1.165, 1.54) is 0 Å². The fourth-order valence-electron chi connectivity index (χ4n) is 2.72. The number of piperidine rings is 1. The second-order valence-corrected chi connectivity index (χ2v) is 5.01. The minimum absolute atomic E-state index is 0.114. The Morgan fingerprint density at radius 1 is 1.17 bits per heavy atom. The molecule has 0 bridgehead atoms. The summed E-state index contributed by atoms with van der Waals surface area (Å²) >= 11 is 0. The summed E-state index contributed by atoms with van der Waals surface area (Å²) in [7, 11) is 1.65. The molecule has 0 aliphatic carbocycles. The zero-order chi connectivity index (χ0) is 17.9. The van der Waals surface area contributed by atoms with Crippen molar-refractivity contribution in [3.05, 3.63) is 29.3 Å². The van der Waals surface area contributed by atoms with Crippen LogP contribution in [0.1, 0.15) is 33.6 Å². The third-order valence-electron chi connectivity index (χ3n) is 3.74. The molecule has 1 aromatic carbocycles. The third kappa shape index (κ3) is 2.80. The summed E-state index contributed by atoms with van der Waals surface area (Å²) in [4.78, 5) is 65.2. The van der Waals surface area contributed by atoms with Crippen LogP contribution >= 0.6 is 0 Å². The minimum Gasteiger partial charge on any atom is -0.387 e. The SMILES string of the molecule is CNc1cccc2c1C(=O)N(C1CCC(=O)NC1=O)C2=O.O=C=O. The molecule has 0 saturated carbocycles. The van der Waals surface area contributed by atoms with E-state index in [-0.39, 0.29) is 36.0 Å². The van der Waals surface area contributed by atoms with Crippen LogP contribution in [-0.4, -0.2) is 47.8 Å². The van der Waals surface area contributed by atoms with Crippen molar-refractivity contribution in [2.45, 2.75) is 18.9 Å². The van der Waals surface area contributed by atoms with Crippen molar-refractivity contribution in [1.29, 1.82) is 0 Å². The lowest BCUT2D eigenvalue weighted by Crippen LogP contribution is -2.54. The van der Waals surface area contributed by atoms with E-state index in [0.717, 1.165) is 4.90 Å². The number of rotatable bonds is 2. The van der Waals surface area contributed by atoms with Crippen LogP contribution in [0.2, 0.25) is 0 Å². The highest BCUT2D eigenvalue weighted by molar-refractivity contribution is 6.25. The number of nitrogens with zero attached hydrogens (tertiary/aromatic N) is 1. The Hall–Kier alpha value is -3.32. The lowest BCUT2D eigenvalue weighted by atomic mass is 10.0. The van der Waals surface area contributed by atoms with E-state index in [2.05, 4.69) is 10.6 Å². The maximum atomic E-state index is 12.5. The lowest BCUT2D eigenvalue weighted by molar-refractivity contribution is -0.191. The van der Waals surface area contributed by atoms with Gasteiger partial charge in [-0.2, -0.15) is 9.59 Å². The van der Waals surface area contributed by atoms with Gasteiger partial charge in [-0.1, -0.05) is 6.07 Å². The van der Waals surface area contributed by atoms with Crippen LogP contribution in [0.25, 0.3) is 0 Å². The molecule has 124 valence electrons. The highest BCUT2D eigenvalue weighted by atomic mass is 16.2. The standard InChI is InChI=1S/C14H13N3O4.CO2/c1-15-8-4-2-3-7-11(8)14(21)17(13(7)20)9-5-6-10(18)16-12(9)19;2-1-3/h2-4,9,15H,5-6H2,1H3,(H,16,18,19);. The molecule has 1 saturated heterocycles. The Labute approximate surface area is 136 Å². The second-order valence-electron chi connectivity index (χ2n) is 5.01.